The van der Waals surface area contributed by atoms with Crippen LogP contribution in [0.25, 0.3) is 21.6 Å². The number of nitrogens with zero attached hydrogens (tertiary/aromatic N) is 1. The predicted molar refractivity (Wildman–Crippen MR) is 163 cm³/mol. The minimum Gasteiger partial charge on any atom is -0.493 e. The third-order valence-electron chi connectivity index (χ3n) is 7.14. The van der Waals surface area contributed by atoms with Crippen molar-refractivity contribution in [2.75, 3.05) is 25.6 Å². The van der Waals surface area contributed by atoms with Gasteiger partial charge < -0.3 is 25.8 Å². The van der Waals surface area contributed by atoms with Gasteiger partial charge in [0.25, 0.3) is 11.8 Å². The van der Waals surface area contributed by atoms with E-state index in [1.807, 2.05) is 18.4 Å². The highest BCUT2D eigenvalue weighted by atomic mass is 32.1. The molecule has 0 atom stereocenters. The number of halogens is 1. The number of nitrogens with two attached hydrogens (primary N) is 1. The van der Waals surface area contributed by atoms with Gasteiger partial charge in [-0.15, -0.1) is 11.3 Å². The number of esters is 1. The number of ether oxygens (including phenoxy) is 2. The van der Waals surface area contributed by atoms with Gasteiger partial charge >= 0.3 is 5.97 Å². The maximum absolute atomic E-state index is 15.1. The van der Waals surface area contributed by atoms with Crippen LogP contribution >= 0.6 is 11.3 Å². The Morgan fingerprint density at radius 3 is 2.63 bits per heavy atom. The van der Waals surface area contributed by atoms with E-state index in [-0.39, 0.29) is 34.7 Å². The summed E-state index contributed by atoms with van der Waals surface area (Å²) in [7, 11) is 1.21. The molecule has 1 aliphatic heterocycles. The minimum atomic E-state index is -0.790. The van der Waals surface area contributed by atoms with E-state index in [1.165, 1.54) is 30.6 Å². The zero-order chi connectivity index (χ0) is 30.7. The number of thiophene rings is 1. The third-order valence-corrected chi connectivity index (χ3v) is 8.13. The minimum absolute atomic E-state index is 0.0189. The summed E-state index contributed by atoms with van der Waals surface area (Å²) in [6.45, 7) is 4.61. The number of carbonyl (C=O) groups excluding carboxylic acids is 3. The number of pyridine rings is 1. The fourth-order valence-corrected chi connectivity index (χ4v) is 5.96. The van der Waals surface area contributed by atoms with Gasteiger partial charge in [-0.3, -0.25) is 9.59 Å². The Morgan fingerprint density at radius 1 is 1.09 bits per heavy atom. The summed E-state index contributed by atoms with van der Waals surface area (Å²) in [5, 5.41) is 7.44. The first kappa shape index (κ1) is 29.9. The van der Waals surface area contributed by atoms with Crippen LogP contribution in [-0.4, -0.2) is 43.0 Å². The number of nitrogens with one attached hydrogen (secondary N) is 2. The van der Waals surface area contributed by atoms with Crippen molar-refractivity contribution in [3.8, 4) is 27.3 Å². The highest BCUT2D eigenvalue weighted by Crippen LogP contribution is 2.43. The number of hydrogen-bond donors (Lipinski definition) is 3. The molecule has 3 heterocycles. The van der Waals surface area contributed by atoms with Gasteiger partial charge in [-0.1, -0.05) is 13.0 Å². The number of methoxy groups -OCH3 is 1. The van der Waals surface area contributed by atoms with E-state index in [0.717, 1.165) is 16.9 Å². The molecule has 0 spiro atoms. The number of rotatable bonds is 8. The number of carbonyl (C=O) groups is 3. The number of hydrogen-bond acceptors (Lipinski definition) is 8. The molecule has 2 amide bonds. The van der Waals surface area contributed by atoms with E-state index < -0.39 is 23.6 Å². The van der Waals surface area contributed by atoms with Crippen molar-refractivity contribution in [2.45, 2.75) is 33.2 Å². The lowest BCUT2D eigenvalue weighted by Gasteiger charge is -2.18. The molecule has 0 radical (unpaired) electrons. The molecule has 0 unspecified atom stereocenters. The Morgan fingerprint density at radius 2 is 1.91 bits per heavy atom. The molecule has 4 N–H and O–H groups in total. The summed E-state index contributed by atoms with van der Waals surface area (Å²) in [6.07, 6.45) is 1.40. The van der Waals surface area contributed by atoms with Gasteiger partial charge in [-0.2, -0.15) is 0 Å². The first-order valence-electron chi connectivity index (χ1n) is 13.8. The Hall–Kier alpha value is -4.61. The van der Waals surface area contributed by atoms with Crippen molar-refractivity contribution < 1.29 is 28.2 Å². The first-order valence-corrected chi connectivity index (χ1v) is 14.7. The van der Waals surface area contributed by atoms with Crippen molar-refractivity contribution >= 4 is 34.8 Å². The van der Waals surface area contributed by atoms with Crippen LogP contribution in [0.4, 0.5) is 10.1 Å². The second kappa shape index (κ2) is 12.7. The van der Waals surface area contributed by atoms with Crippen molar-refractivity contribution in [3.05, 3.63) is 87.3 Å². The third kappa shape index (κ3) is 5.99. The average molecular weight is 603 g/mol. The summed E-state index contributed by atoms with van der Waals surface area (Å²) in [5.74, 6) is -1.94. The van der Waals surface area contributed by atoms with E-state index in [4.69, 9.17) is 15.2 Å². The first-order chi connectivity index (χ1) is 20.7. The van der Waals surface area contributed by atoms with Crippen LogP contribution in [0.1, 0.15) is 61.4 Å². The molecule has 2 aromatic heterocycles. The van der Waals surface area contributed by atoms with E-state index >= 15 is 4.39 Å². The van der Waals surface area contributed by atoms with Gasteiger partial charge in [0.05, 0.1) is 19.4 Å². The van der Waals surface area contributed by atoms with Crippen molar-refractivity contribution in [2.24, 2.45) is 5.73 Å². The predicted octanol–water partition coefficient (Wildman–Crippen LogP) is 5.50. The van der Waals surface area contributed by atoms with Gasteiger partial charge in [-0.25, -0.2) is 14.2 Å². The molecule has 1 aliphatic rings. The summed E-state index contributed by atoms with van der Waals surface area (Å²) < 4.78 is 26.2. The summed E-state index contributed by atoms with van der Waals surface area (Å²) >= 11 is 1.53. The van der Waals surface area contributed by atoms with Crippen molar-refractivity contribution in [1.29, 1.82) is 0 Å². The van der Waals surface area contributed by atoms with Gasteiger partial charge in [0, 0.05) is 46.6 Å². The SMILES string of the molecule is CCCNC(=O)c1ccc(-c2cc3c(cc2C(=O)Nc2c(C)cc(CN)cc2F)-c2sccc2CCO3)c(C(=O)OC)n1. The number of aromatic nitrogens is 1. The molecular formula is C32H31FN4O5S. The lowest BCUT2D eigenvalue weighted by Crippen LogP contribution is -2.26. The van der Waals surface area contributed by atoms with Crippen molar-refractivity contribution in [1.82, 2.24) is 10.3 Å². The largest absolute Gasteiger partial charge is 0.493 e. The van der Waals surface area contributed by atoms with Crippen molar-refractivity contribution in [3.63, 3.8) is 0 Å². The molecule has 4 aromatic rings. The summed E-state index contributed by atoms with van der Waals surface area (Å²) in [6, 6.07) is 11.4. The van der Waals surface area contributed by atoms with E-state index in [2.05, 4.69) is 15.6 Å². The molecule has 222 valence electrons. The van der Waals surface area contributed by atoms with Crippen LogP contribution in [0, 0.1) is 12.7 Å². The Kier molecular flexibility index (Phi) is 8.84. The van der Waals surface area contributed by atoms with Crippen LogP contribution < -0.4 is 21.1 Å². The quantitative estimate of drug-likeness (QED) is 0.227. The summed E-state index contributed by atoms with van der Waals surface area (Å²) in [4.78, 5) is 44.9. The van der Waals surface area contributed by atoms with Gasteiger partial charge in [-0.05, 0) is 71.8 Å². The zero-order valence-corrected chi connectivity index (χ0v) is 24.8. The van der Waals surface area contributed by atoms with Gasteiger partial charge in [0.1, 0.15) is 17.3 Å². The molecular weight excluding hydrogens is 571 g/mol. The van der Waals surface area contributed by atoms with E-state index in [0.29, 0.717) is 47.6 Å². The monoisotopic (exact) mass is 602 g/mol. The second-order valence-electron chi connectivity index (χ2n) is 10.0. The van der Waals surface area contributed by atoms with Crippen LogP contribution in [0.2, 0.25) is 0 Å². The smallest absolute Gasteiger partial charge is 0.357 e. The highest BCUT2D eigenvalue weighted by molar-refractivity contribution is 7.13. The molecule has 0 saturated carbocycles. The molecule has 2 aromatic carbocycles. The fraction of sp³-hybridized carbons (Fsp3) is 0.250. The van der Waals surface area contributed by atoms with E-state index in [1.54, 1.807) is 31.2 Å². The molecule has 0 aliphatic carbocycles. The van der Waals surface area contributed by atoms with E-state index in [9.17, 15) is 14.4 Å². The molecule has 9 nitrogen and oxygen atoms in total. The molecule has 43 heavy (non-hydrogen) atoms. The number of anilines is 1. The van der Waals surface area contributed by atoms with Crippen LogP contribution in [0.3, 0.4) is 0 Å². The Labute approximate surface area is 252 Å². The maximum Gasteiger partial charge on any atom is 0.357 e. The number of amides is 2. The Bertz CT molecular complexity index is 1710. The van der Waals surface area contributed by atoms with Crippen LogP contribution in [-0.2, 0) is 17.7 Å². The standard InChI is InChI=1S/C32H31FN4O5S/c1-4-9-35-31(39)25-6-5-20(28(36-25)32(40)41-3)21-15-26-23(29-19(7-10-42-26)8-11-43-29)14-22(21)30(38)37-27-17(2)12-18(16-34)13-24(27)33/h5-6,8,11-15H,4,7,9-10,16,34H2,1-3H3,(H,35,39)(H,37,38). The molecule has 5 rings (SSSR count). The summed E-state index contributed by atoms with van der Waals surface area (Å²) in [5.41, 5.74) is 9.19. The zero-order valence-electron chi connectivity index (χ0n) is 24.0. The normalized spacial score (nSPS) is 11.9. The lowest BCUT2D eigenvalue weighted by molar-refractivity contribution is 0.0594. The van der Waals surface area contributed by atoms with Crippen LogP contribution in [0.5, 0.6) is 5.75 Å². The second-order valence-corrected chi connectivity index (χ2v) is 11.0. The topological polar surface area (TPSA) is 133 Å². The highest BCUT2D eigenvalue weighted by Gasteiger charge is 2.27. The molecule has 11 heteroatoms. The van der Waals surface area contributed by atoms with Gasteiger partial charge in [0.15, 0.2) is 5.69 Å². The lowest BCUT2D eigenvalue weighted by atomic mass is 9.93. The average Bonchev–Trinajstić information content (AvgIpc) is 3.41. The van der Waals surface area contributed by atoms with Gasteiger partial charge in [0.2, 0.25) is 0 Å². The number of fused-ring (bicyclic) bond motifs is 3. The Balaban J connectivity index is 1.69. The number of aryl methyl sites for hydroxylation is 1. The molecule has 0 saturated heterocycles. The molecule has 0 bridgehead atoms. The maximum atomic E-state index is 15.1. The fourth-order valence-electron chi connectivity index (χ4n) is 4.98. The number of benzene rings is 2. The molecule has 0 fully saturated rings. The van der Waals surface area contributed by atoms with Crippen LogP contribution in [0.15, 0.2) is 47.8 Å².